The van der Waals surface area contributed by atoms with Crippen molar-refractivity contribution in [1.82, 2.24) is 15.1 Å². The molecule has 2 aromatic rings. The number of nitrogens with two attached hydrogens (primary N) is 1. The summed E-state index contributed by atoms with van der Waals surface area (Å²) >= 11 is 0. The molecule has 0 saturated heterocycles. The molecule has 114 valence electrons. The molecule has 3 rings (SSSR count). The molecule has 0 spiro atoms. The van der Waals surface area contributed by atoms with Gasteiger partial charge in [0.2, 0.25) is 0 Å². The molecule has 7 heteroatoms. The van der Waals surface area contributed by atoms with Crippen molar-refractivity contribution in [3.8, 4) is 17.3 Å². The van der Waals surface area contributed by atoms with Crippen molar-refractivity contribution in [3.05, 3.63) is 24.2 Å². The first-order valence-electron chi connectivity index (χ1n) is 6.94. The topological polar surface area (TPSA) is 87.1 Å². The summed E-state index contributed by atoms with van der Waals surface area (Å²) in [4.78, 5) is 8.70. The smallest absolute Gasteiger partial charge is 0.280 e. The molecule has 1 aliphatic carbocycles. The minimum Gasteiger partial charge on any atom is -0.491 e. The lowest BCUT2D eigenvalue weighted by molar-refractivity contribution is 0.336. The van der Waals surface area contributed by atoms with Gasteiger partial charge in [-0.2, -0.15) is 4.98 Å². The summed E-state index contributed by atoms with van der Waals surface area (Å²) in [5, 5.41) is 4.04. The molecule has 0 aromatic carbocycles. The van der Waals surface area contributed by atoms with Gasteiger partial charge >= 0.3 is 0 Å². The Morgan fingerprint density at radius 2 is 2.14 bits per heavy atom. The van der Waals surface area contributed by atoms with Crippen LogP contribution in [0.4, 0.5) is 0 Å². The number of ether oxygens (including phenoxy) is 1. The molecule has 1 saturated carbocycles. The van der Waals surface area contributed by atoms with Crippen molar-refractivity contribution in [1.29, 1.82) is 0 Å². The number of rotatable bonds is 4. The fraction of sp³-hybridized carbons (Fsp3) is 0.500. The largest absolute Gasteiger partial charge is 0.491 e. The van der Waals surface area contributed by atoms with Crippen LogP contribution in [0, 0.1) is 0 Å². The minimum atomic E-state index is -0.456. The Kier molecular flexibility index (Phi) is 4.80. The van der Waals surface area contributed by atoms with E-state index in [1.165, 1.54) is 0 Å². The molecule has 1 aliphatic rings. The molecule has 1 fully saturated rings. The summed E-state index contributed by atoms with van der Waals surface area (Å²) in [6, 6.07) is 3.65. The second-order valence-electron chi connectivity index (χ2n) is 5.07. The zero-order chi connectivity index (χ0) is 14.0. The summed E-state index contributed by atoms with van der Waals surface area (Å²) in [6.45, 7) is 2.48. The highest BCUT2D eigenvalue weighted by molar-refractivity contribution is 5.85. The van der Waals surface area contributed by atoms with E-state index < -0.39 is 5.54 Å². The molecule has 2 aromatic heterocycles. The van der Waals surface area contributed by atoms with Crippen molar-refractivity contribution in [3.63, 3.8) is 0 Å². The van der Waals surface area contributed by atoms with Crippen LogP contribution >= 0.6 is 12.4 Å². The quantitative estimate of drug-likeness (QED) is 0.934. The highest BCUT2D eigenvalue weighted by Crippen LogP contribution is 2.36. The van der Waals surface area contributed by atoms with Gasteiger partial charge in [-0.25, -0.2) is 4.98 Å². The van der Waals surface area contributed by atoms with E-state index in [1.54, 1.807) is 6.20 Å². The minimum absolute atomic E-state index is 0. The highest BCUT2D eigenvalue weighted by Gasteiger charge is 2.36. The third kappa shape index (κ3) is 3.01. The summed E-state index contributed by atoms with van der Waals surface area (Å²) in [7, 11) is 0. The van der Waals surface area contributed by atoms with Gasteiger partial charge in [0.1, 0.15) is 0 Å². The van der Waals surface area contributed by atoms with E-state index in [-0.39, 0.29) is 12.4 Å². The first kappa shape index (κ1) is 15.7. The van der Waals surface area contributed by atoms with E-state index in [0.29, 0.717) is 29.8 Å². The fourth-order valence-electron chi connectivity index (χ4n) is 2.57. The van der Waals surface area contributed by atoms with Crippen molar-refractivity contribution in [2.24, 2.45) is 5.73 Å². The summed E-state index contributed by atoms with van der Waals surface area (Å²) in [5.41, 5.74) is 6.44. The Balaban J connectivity index is 0.00000161. The molecule has 2 N–H and O–H groups in total. The molecule has 21 heavy (non-hydrogen) atoms. The zero-order valence-corrected chi connectivity index (χ0v) is 12.7. The molecule has 0 atom stereocenters. The van der Waals surface area contributed by atoms with Crippen LogP contribution in [0.5, 0.6) is 5.75 Å². The number of hydrogen-bond donors (Lipinski definition) is 1. The predicted octanol–water partition coefficient (Wildman–Crippen LogP) is 2.68. The molecular weight excluding hydrogens is 292 g/mol. The maximum Gasteiger partial charge on any atom is 0.280 e. The van der Waals surface area contributed by atoms with E-state index in [0.717, 1.165) is 25.7 Å². The number of aromatic nitrogens is 3. The van der Waals surface area contributed by atoms with Gasteiger partial charge in [-0.15, -0.1) is 12.4 Å². The Morgan fingerprint density at radius 3 is 2.86 bits per heavy atom. The SMILES string of the molecule is CCOc1cccnc1-c1nc(C2(N)CCCC2)no1.Cl. The Hall–Kier alpha value is -1.66. The van der Waals surface area contributed by atoms with E-state index in [9.17, 15) is 0 Å². The maximum absolute atomic E-state index is 6.33. The Morgan fingerprint density at radius 1 is 1.38 bits per heavy atom. The van der Waals surface area contributed by atoms with Gasteiger partial charge in [0, 0.05) is 6.20 Å². The molecule has 0 radical (unpaired) electrons. The van der Waals surface area contributed by atoms with Crippen LogP contribution < -0.4 is 10.5 Å². The van der Waals surface area contributed by atoms with Gasteiger partial charge in [0.25, 0.3) is 5.89 Å². The third-order valence-corrected chi connectivity index (χ3v) is 3.64. The number of halogens is 1. The first-order chi connectivity index (χ1) is 9.73. The summed E-state index contributed by atoms with van der Waals surface area (Å²) in [6.07, 6.45) is 5.68. The fourth-order valence-corrected chi connectivity index (χ4v) is 2.57. The molecule has 0 unspecified atom stereocenters. The Labute approximate surface area is 129 Å². The number of pyridine rings is 1. The van der Waals surface area contributed by atoms with Crippen LogP contribution in [-0.2, 0) is 5.54 Å². The van der Waals surface area contributed by atoms with E-state index in [2.05, 4.69) is 15.1 Å². The lowest BCUT2D eigenvalue weighted by atomic mass is 9.99. The molecular formula is C14H19ClN4O2. The second kappa shape index (κ2) is 6.41. The normalized spacial score (nSPS) is 16.5. The van der Waals surface area contributed by atoms with E-state index in [1.807, 2.05) is 19.1 Å². The monoisotopic (exact) mass is 310 g/mol. The highest BCUT2D eigenvalue weighted by atomic mass is 35.5. The average Bonchev–Trinajstić information content (AvgIpc) is 3.09. The van der Waals surface area contributed by atoms with Gasteiger partial charge in [0.05, 0.1) is 12.1 Å². The predicted molar refractivity (Wildman–Crippen MR) is 80.3 cm³/mol. The lowest BCUT2D eigenvalue weighted by Gasteiger charge is -2.17. The molecule has 2 heterocycles. The number of hydrogen-bond acceptors (Lipinski definition) is 6. The molecule has 0 aliphatic heterocycles. The standard InChI is InChI=1S/C14H18N4O2.ClH/c1-2-19-10-6-5-9-16-11(10)12-17-13(18-20-12)14(15)7-3-4-8-14;/h5-6,9H,2-4,7-8,15H2,1H3;1H. The van der Waals surface area contributed by atoms with Gasteiger partial charge in [-0.05, 0) is 31.9 Å². The second-order valence-corrected chi connectivity index (χ2v) is 5.07. The van der Waals surface area contributed by atoms with Gasteiger partial charge in [0.15, 0.2) is 17.3 Å². The van der Waals surface area contributed by atoms with Crippen LogP contribution in [0.25, 0.3) is 11.6 Å². The van der Waals surface area contributed by atoms with Crippen LogP contribution in [0.15, 0.2) is 22.9 Å². The first-order valence-corrected chi connectivity index (χ1v) is 6.94. The van der Waals surface area contributed by atoms with Crippen LogP contribution in [-0.4, -0.2) is 21.7 Å². The Bertz CT molecular complexity index is 596. The molecule has 0 amide bonds. The van der Waals surface area contributed by atoms with Crippen LogP contribution in [0.1, 0.15) is 38.4 Å². The van der Waals surface area contributed by atoms with Crippen molar-refractivity contribution in [2.45, 2.75) is 38.1 Å². The maximum atomic E-state index is 6.33. The third-order valence-electron chi connectivity index (χ3n) is 3.64. The van der Waals surface area contributed by atoms with Crippen molar-refractivity contribution < 1.29 is 9.26 Å². The van der Waals surface area contributed by atoms with E-state index in [4.69, 9.17) is 15.0 Å². The van der Waals surface area contributed by atoms with Crippen molar-refractivity contribution >= 4 is 12.4 Å². The van der Waals surface area contributed by atoms with Gasteiger partial charge in [-0.1, -0.05) is 18.0 Å². The summed E-state index contributed by atoms with van der Waals surface area (Å²) < 4.78 is 10.9. The summed E-state index contributed by atoms with van der Waals surface area (Å²) in [5.74, 6) is 1.57. The molecule has 0 bridgehead atoms. The van der Waals surface area contributed by atoms with E-state index >= 15 is 0 Å². The van der Waals surface area contributed by atoms with Crippen LogP contribution in [0.3, 0.4) is 0 Å². The zero-order valence-electron chi connectivity index (χ0n) is 11.9. The lowest BCUT2D eigenvalue weighted by Crippen LogP contribution is -2.34. The number of nitrogens with zero attached hydrogens (tertiary/aromatic N) is 3. The van der Waals surface area contributed by atoms with Gasteiger partial charge < -0.3 is 15.0 Å². The average molecular weight is 311 g/mol. The van der Waals surface area contributed by atoms with Gasteiger partial charge in [-0.3, -0.25) is 0 Å². The van der Waals surface area contributed by atoms with Crippen molar-refractivity contribution in [2.75, 3.05) is 6.61 Å². The molecule has 6 nitrogen and oxygen atoms in total. The van der Waals surface area contributed by atoms with Crippen LogP contribution in [0.2, 0.25) is 0 Å².